The molecular weight excluding hydrogens is 388 g/mol. The molecule has 0 aliphatic carbocycles. The first-order chi connectivity index (χ1) is 12.9. The summed E-state index contributed by atoms with van der Waals surface area (Å²) < 4.78 is 12.1. The Hall–Kier alpha value is -2.45. The second-order valence-corrected chi connectivity index (χ2v) is 7.49. The zero-order chi connectivity index (χ0) is 19.6. The Morgan fingerprint density at radius 2 is 1.89 bits per heavy atom. The number of halogens is 1. The molecular formula is C18H19ClN4O3S. The molecule has 0 bridgehead atoms. The van der Waals surface area contributed by atoms with E-state index in [0.29, 0.717) is 27.4 Å². The normalized spacial score (nSPS) is 13.2. The molecule has 7 nitrogen and oxygen atoms in total. The van der Waals surface area contributed by atoms with Crippen LogP contribution in [0.2, 0.25) is 5.02 Å². The number of carbonyl (C=O) groups excluding carboxylic acids is 1. The number of methoxy groups -OCH3 is 2. The van der Waals surface area contributed by atoms with E-state index < -0.39 is 0 Å². The van der Waals surface area contributed by atoms with Crippen molar-refractivity contribution in [1.29, 1.82) is 0 Å². The number of aromatic nitrogens is 3. The summed E-state index contributed by atoms with van der Waals surface area (Å²) in [6, 6.07) is 8.88. The van der Waals surface area contributed by atoms with Crippen molar-refractivity contribution < 1.29 is 14.3 Å². The van der Waals surface area contributed by atoms with E-state index in [-0.39, 0.29) is 17.7 Å². The topological polar surface area (TPSA) is 78.1 Å². The quantitative estimate of drug-likeness (QED) is 0.649. The zero-order valence-corrected chi connectivity index (χ0v) is 16.9. The number of hydrogen-bond acceptors (Lipinski definition) is 6. The number of amides is 1. The molecule has 0 saturated heterocycles. The number of fused-ring (bicyclic) bond motifs is 1. The summed E-state index contributed by atoms with van der Waals surface area (Å²) in [7, 11) is 3.05. The smallest absolute Gasteiger partial charge is 0.256 e. The maximum Gasteiger partial charge on any atom is 0.256 e. The van der Waals surface area contributed by atoms with Crippen LogP contribution >= 0.6 is 23.1 Å². The van der Waals surface area contributed by atoms with Gasteiger partial charge in [0.1, 0.15) is 0 Å². The van der Waals surface area contributed by atoms with Gasteiger partial charge in [-0.1, -0.05) is 37.6 Å². The summed E-state index contributed by atoms with van der Waals surface area (Å²) >= 11 is 7.13. The zero-order valence-electron chi connectivity index (χ0n) is 15.3. The lowest BCUT2D eigenvalue weighted by Crippen LogP contribution is -2.19. The third-order valence-corrected chi connectivity index (χ3v) is 5.12. The third kappa shape index (κ3) is 4.12. The van der Waals surface area contributed by atoms with Crippen LogP contribution in [0.4, 0.5) is 0 Å². The average Bonchev–Trinajstić information content (AvgIpc) is 3.04. The molecule has 0 saturated carbocycles. The van der Waals surface area contributed by atoms with E-state index in [1.165, 1.54) is 25.8 Å². The second-order valence-electron chi connectivity index (χ2n) is 6.14. The van der Waals surface area contributed by atoms with Gasteiger partial charge in [-0.15, -0.1) is 0 Å². The van der Waals surface area contributed by atoms with Crippen molar-refractivity contribution in [2.24, 2.45) is 10.9 Å². The van der Waals surface area contributed by atoms with Crippen molar-refractivity contribution in [1.82, 2.24) is 13.8 Å². The van der Waals surface area contributed by atoms with E-state index in [2.05, 4.69) is 15.0 Å². The summed E-state index contributed by atoms with van der Waals surface area (Å²) in [5, 5.41) is 0.625. The molecule has 0 aliphatic rings. The van der Waals surface area contributed by atoms with Crippen LogP contribution in [-0.2, 0) is 4.79 Å². The third-order valence-electron chi connectivity index (χ3n) is 3.99. The maximum atomic E-state index is 12.9. The minimum Gasteiger partial charge on any atom is -0.481 e. The Morgan fingerprint density at radius 1 is 1.19 bits per heavy atom. The lowest BCUT2D eigenvalue weighted by atomic mass is 9.88. The van der Waals surface area contributed by atoms with Gasteiger partial charge >= 0.3 is 0 Å². The average molecular weight is 407 g/mol. The van der Waals surface area contributed by atoms with Crippen molar-refractivity contribution in [2.75, 3.05) is 14.2 Å². The molecule has 0 fully saturated rings. The van der Waals surface area contributed by atoms with Gasteiger partial charge in [0.05, 0.1) is 26.2 Å². The van der Waals surface area contributed by atoms with Crippen LogP contribution in [0.15, 0.2) is 35.3 Å². The van der Waals surface area contributed by atoms with Gasteiger partial charge in [0.2, 0.25) is 16.6 Å². The minimum atomic E-state index is -0.385. The van der Waals surface area contributed by atoms with Crippen LogP contribution in [0.5, 0.6) is 11.8 Å². The fraction of sp³-hybridized carbons (Fsp3) is 0.333. The molecule has 0 aliphatic heterocycles. The Labute approximate surface area is 165 Å². The number of carbonyl (C=O) groups is 1. The fourth-order valence-electron chi connectivity index (χ4n) is 2.72. The summed E-state index contributed by atoms with van der Waals surface area (Å²) in [5.41, 5.74) is 0.870. The van der Waals surface area contributed by atoms with Gasteiger partial charge in [0, 0.05) is 5.02 Å². The second kappa shape index (κ2) is 8.06. The van der Waals surface area contributed by atoms with Crippen LogP contribution in [0, 0.1) is 5.92 Å². The van der Waals surface area contributed by atoms with E-state index in [9.17, 15) is 4.79 Å². The first-order valence-electron chi connectivity index (χ1n) is 8.26. The molecule has 142 valence electrons. The van der Waals surface area contributed by atoms with Gasteiger partial charge in [-0.25, -0.2) is 0 Å². The summed E-state index contributed by atoms with van der Waals surface area (Å²) in [5.74, 6) is 0.645. The summed E-state index contributed by atoms with van der Waals surface area (Å²) in [6.45, 7) is 3.96. The van der Waals surface area contributed by atoms with Crippen molar-refractivity contribution in [3.05, 3.63) is 45.7 Å². The number of benzene rings is 1. The van der Waals surface area contributed by atoms with Crippen LogP contribution in [0.25, 0.3) is 5.78 Å². The minimum absolute atomic E-state index is 0.0669. The van der Waals surface area contributed by atoms with Crippen LogP contribution in [0.1, 0.15) is 25.3 Å². The van der Waals surface area contributed by atoms with Gasteiger partial charge < -0.3 is 9.47 Å². The Balaban J connectivity index is 2.03. The largest absolute Gasteiger partial charge is 0.481 e. The van der Waals surface area contributed by atoms with Gasteiger partial charge in [-0.05, 0) is 35.1 Å². The molecule has 9 heteroatoms. The molecule has 3 aromatic rings. The molecule has 27 heavy (non-hydrogen) atoms. The molecule has 0 N–H and O–H groups in total. The first kappa shape index (κ1) is 19.3. The highest BCUT2D eigenvalue weighted by Crippen LogP contribution is 2.27. The molecule has 0 radical (unpaired) electrons. The lowest BCUT2D eigenvalue weighted by Gasteiger charge is -2.17. The molecule has 2 heterocycles. The molecule has 2 aromatic heterocycles. The highest BCUT2D eigenvalue weighted by atomic mass is 35.5. The highest BCUT2D eigenvalue weighted by molar-refractivity contribution is 7.03. The van der Waals surface area contributed by atoms with Crippen LogP contribution < -0.4 is 14.3 Å². The molecule has 3 rings (SSSR count). The van der Waals surface area contributed by atoms with E-state index in [4.69, 9.17) is 21.1 Å². The monoisotopic (exact) mass is 406 g/mol. The molecule has 0 spiro atoms. The fourth-order valence-corrected chi connectivity index (χ4v) is 3.64. The van der Waals surface area contributed by atoms with Gasteiger partial charge in [-0.3, -0.25) is 4.79 Å². The Bertz CT molecular complexity index is 1030. The summed E-state index contributed by atoms with van der Waals surface area (Å²) in [6.07, 6.45) is 0. The van der Waals surface area contributed by atoms with Crippen LogP contribution in [-0.4, -0.2) is 33.9 Å². The number of nitrogens with zero attached hydrogens (tertiary/aromatic N) is 4. The molecule has 0 unspecified atom stereocenters. The highest BCUT2D eigenvalue weighted by Gasteiger charge is 2.24. The van der Waals surface area contributed by atoms with Crippen molar-refractivity contribution in [3.8, 4) is 11.8 Å². The van der Waals surface area contributed by atoms with Crippen LogP contribution in [0.3, 0.4) is 0 Å². The van der Waals surface area contributed by atoms with Gasteiger partial charge in [0.25, 0.3) is 11.7 Å². The summed E-state index contributed by atoms with van der Waals surface area (Å²) in [4.78, 5) is 26.0. The number of hydrogen-bond donors (Lipinski definition) is 0. The SMILES string of the molecule is COc1cc(OC)n2sc(=NC(=O)[C@H](c3ccc(Cl)cc3)C(C)C)nc2n1. The number of ether oxygens (including phenoxy) is 2. The molecule has 1 amide bonds. The number of rotatable bonds is 5. The Morgan fingerprint density at radius 3 is 2.48 bits per heavy atom. The van der Waals surface area contributed by atoms with E-state index >= 15 is 0 Å². The van der Waals surface area contributed by atoms with Crippen molar-refractivity contribution in [2.45, 2.75) is 19.8 Å². The lowest BCUT2D eigenvalue weighted by molar-refractivity contribution is -0.120. The van der Waals surface area contributed by atoms with Crippen molar-refractivity contribution >= 4 is 34.8 Å². The van der Waals surface area contributed by atoms with Gasteiger partial charge in [0.15, 0.2) is 0 Å². The van der Waals surface area contributed by atoms with Crippen molar-refractivity contribution in [3.63, 3.8) is 0 Å². The van der Waals surface area contributed by atoms with E-state index in [1.807, 2.05) is 26.0 Å². The van der Waals surface area contributed by atoms with Gasteiger partial charge in [-0.2, -0.15) is 18.8 Å². The molecule has 1 atom stereocenters. The predicted molar refractivity (Wildman–Crippen MR) is 104 cm³/mol. The standard InChI is InChI=1S/C18H19ClN4O3S/c1-10(2)15(11-5-7-12(19)8-6-11)16(24)21-18-22-17-20-13(25-3)9-14(26-4)23(17)27-18/h5-10,15H,1-4H3/t15-/m0/s1. The molecule has 1 aromatic carbocycles. The predicted octanol–water partition coefficient (Wildman–Crippen LogP) is 3.33. The van der Waals surface area contributed by atoms with E-state index in [0.717, 1.165) is 5.56 Å². The Kier molecular flexibility index (Phi) is 5.76. The first-order valence-corrected chi connectivity index (χ1v) is 9.41. The van der Waals surface area contributed by atoms with E-state index in [1.54, 1.807) is 22.0 Å². The maximum absolute atomic E-state index is 12.9.